The first-order chi connectivity index (χ1) is 11.8. The molecule has 2 aromatic rings. The van der Waals surface area contributed by atoms with E-state index in [0.29, 0.717) is 6.61 Å². The summed E-state index contributed by atoms with van der Waals surface area (Å²) in [5.41, 5.74) is 4.94. The largest absolute Gasteiger partial charge is 0.396 e. The van der Waals surface area contributed by atoms with Crippen molar-refractivity contribution in [3.05, 3.63) is 71.1 Å². The lowest BCUT2D eigenvalue weighted by Gasteiger charge is -2.05. The van der Waals surface area contributed by atoms with Crippen molar-refractivity contribution >= 4 is 6.08 Å². The number of hydrogen-bond donors (Lipinski definition) is 1. The van der Waals surface area contributed by atoms with Crippen molar-refractivity contribution in [3.8, 4) is 0 Å². The van der Waals surface area contributed by atoms with Gasteiger partial charge in [0.05, 0.1) is 6.61 Å². The number of benzene rings is 1. The molecular formula is C21H27NO2. The molecule has 0 spiro atoms. The summed E-state index contributed by atoms with van der Waals surface area (Å²) in [6, 6.07) is 12.7. The van der Waals surface area contributed by atoms with E-state index in [9.17, 15) is 0 Å². The Labute approximate surface area is 145 Å². The SMILES string of the molecule is CC(=Cc1ccc(Cc2cccnc2)cc1)COCCCCCO. The lowest BCUT2D eigenvalue weighted by Crippen LogP contribution is -1.98. The zero-order valence-corrected chi connectivity index (χ0v) is 14.4. The minimum atomic E-state index is 0.274. The number of ether oxygens (including phenoxy) is 1. The van der Waals surface area contributed by atoms with Crippen LogP contribution in [0.25, 0.3) is 6.08 Å². The van der Waals surface area contributed by atoms with Gasteiger partial charge in [0, 0.05) is 25.6 Å². The Morgan fingerprint density at radius 3 is 2.62 bits per heavy atom. The molecule has 0 amide bonds. The Balaban J connectivity index is 1.77. The highest BCUT2D eigenvalue weighted by Gasteiger charge is 1.98. The maximum absolute atomic E-state index is 8.72. The molecule has 0 saturated heterocycles. The highest BCUT2D eigenvalue weighted by molar-refractivity contribution is 5.53. The third-order valence-electron chi connectivity index (χ3n) is 3.80. The highest BCUT2D eigenvalue weighted by Crippen LogP contribution is 2.12. The highest BCUT2D eigenvalue weighted by atomic mass is 16.5. The van der Waals surface area contributed by atoms with Crippen LogP contribution in [0.2, 0.25) is 0 Å². The van der Waals surface area contributed by atoms with Crippen LogP contribution in [-0.4, -0.2) is 29.9 Å². The lowest BCUT2D eigenvalue weighted by molar-refractivity contribution is 0.149. The number of aliphatic hydroxyl groups excluding tert-OH is 1. The van der Waals surface area contributed by atoms with Crippen LogP contribution in [0.5, 0.6) is 0 Å². The van der Waals surface area contributed by atoms with Crippen molar-refractivity contribution in [1.29, 1.82) is 0 Å². The normalized spacial score (nSPS) is 11.7. The van der Waals surface area contributed by atoms with Crippen LogP contribution in [0, 0.1) is 0 Å². The maximum Gasteiger partial charge on any atom is 0.0677 e. The van der Waals surface area contributed by atoms with Gasteiger partial charge in [-0.25, -0.2) is 0 Å². The molecule has 0 aliphatic carbocycles. The number of hydrogen-bond acceptors (Lipinski definition) is 3. The van der Waals surface area contributed by atoms with E-state index in [1.165, 1.54) is 22.3 Å². The van der Waals surface area contributed by atoms with Crippen LogP contribution in [0.3, 0.4) is 0 Å². The third-order valence-corrected chi connectivity index (χ3v) is 3.80. The Morgan fingerprint density at radius 1 is 1.08 bits per heavy atom. The molecule has 128 valence electrons. The van der Waals surface area contributed by atoms with Gasteiger partial charge in [-0.15, -0.1) is 0 Å². The Morgan fingerprint density at radius 2 is 1.92 bits per heavy atom. The molecule has 1 aromatic heterocycles. The van der Waals surface area contributed by atoms with Crippen molar-refractivity contribution in [2.45, 2.75) is 32.6 Å². The van der Waals surface area contributed by atoms with E-state index in [1.54, 1.807) is 6.20 Å². The summed E-state index contributed by atoms with van der Waals surface area (Å²) in [7, 11) is 0. The minimum Gasteiger partial charge on any atom is -0.396 e. The second-order valence-electron chi connectivity index (χ2n) is 6.11. The van der Waals surface area contributed by atoms with Crippen molar-refractivity contribution in [2.24, 2.45) is 0 Å². The Hall–Kier alpha value is -1.97. The Bertz CT molecular complexity index is 605. The fraction of sp³-hybridized carbons (Fsp3) is 0.381. The third kappa shape index (κ3) is 7.07. The number of aromatic nitrogens is 1. The van der Waals surface area contributed by atoms with Gasteiger partial charge in [0.15, 0.2) is 0 Å². The van der Waals surface area contributed by atoms with Gasteiger partial charge in [0.25, 0.3) is 0 Å². The van der Waals surface area contributed by atoms with Gasteiger partial charge in [-0.05, 0) is 60.9 Å². The average Bonchev–Trinajstić information content (AvgIpc) is 2.61. The fourth-order valence-corrected chi connectivity index (χ4v) is 2.52. The molecule has 0 saturated carbocycles. The predicted octanol–water partition coefficient (Wildman–Crippen LogP) is 4.25. The van der Waals surface area contributed by atoms with E-state index in [0.717, 1.165) is 32.3 Å². The van der Waals surface area contributed by atoms with Crippen molar-refractivity contribution in [1.82, 2.24) is 4.98 Å². The second kappa shape index (κ2) is 10.7. The predicted molar refractivity (Wildman–Crippen MR) is 98.9 cm³/mol. The van der Waals surface area contributed by atoms with E-state index in [2.05, 4.69) is 48.3 Å². The van der Waals surface area contributed by atoms with Crippen LogP contribution < -0.4 is 0 Å². The number of unbranched alkanes of at least 4 members (excludes halogenated alkanes) is 2. The molecular weight excluding hydrogens is 298 g/mol. The van der Waals surface area contributed by atoms with Gasteiger partial charge >= 0.3 is 0 Å². The smallest absolute Gasteiger partial charge is 0.0677 e. The van der Waals surface area contributed by atoms with Crippen molar-refractivity contribution < 1.29 is 9.84 Å². The van der Waals surface area contributed by atoms with E-state index in [1.807, 2.05) is 12.3 Å². The van der Waals surface area contributed by atoms with Crippen LogP contribution in [0.1, 0.15) is 42.9 Å². The zero-order chi connectivity index (χ0) is 17.0. The number of rotatable bonds is 10. The number of aliphatic hydroxyl groups is 1. The van der Waals surface area contributed by atoms with Gasteiger partial charge in [0.2, 0.25) is 0 Å². The summed E-state index contributed by atoms with van der Waals surface area (Å²) in [6.07, 6.45) is 9.69. The lowest BCUT2D eigenvalue weighted by atomic mass is 10.0. The first-order valence-corrected chi connectivity index (χ1v) is 8.61. The fourth-order valence-electron chi connectivity index (χ4n) is 2.52. The summed E-state index contributed by atoms with van der Waals surface area (Å²) in [5, 5.41) is 8.72. The molecule has 0 unspecified atom stereocenters. The van der Waals surface area contributed by atoms with Crippen LogP contribution >= 0.6 is 0 Å². The summed E-state index contributed by atoms with van der Waals surface area (Å²) >= 11 is 0. The first-order valence-electron chi connectivity index (χ1n) is 8.61. The van der Waals surface area contributed by atoms with Gasteiger partial charge in [-0.1, -0.05) is 36.4 Å². The maximum atomic E-state index is 8.72. The molecule has 3 nitrogen and oxygen atoms in total. The van der Waals surface area contributed by atoms with E-state index >= 15 is 0 Å². The molecule has 0 atom stereocenters. The van der Waals surface area contributed by atoms with Crippen LogP contribution in [0.4, 0.5) is 0 Å². The van der Waals surface area contributed by atoms with Crippen molar-refractivity contribution in [2.75, 3.05) is 19.8 Å². The zero-order valence-electron chi connectivity index (χ0n) is 14.4. The van der Waals surface area contributed by atoms with Crippen LogP contribution in [0.15, 0.2) is 54.4 Å². The summed E-state index contributed by atoms with van der Waals surface area (Å²) in [5.74, 6) is 0. The van der Waals surface area contributed by atoms with Gasteiger partial charge in [0.1, 0.15) is 0 Å². The molecule has 0 aliphatic heterocycles. The van der Waals surface area contributed by atoms with E-state index in [4.69, 9.17) is 9.84 Å². The summed E-state index contributed by atoms with van der Waals surface area (Å²) in [4.78, 5) is 4.15. The van der Waals surface area contributed by atoms with Gasteiger partial charge in [-0.2, -0.15) is 0 Å². The molecule has 3 heteroatoms. The monoisotopic (exact) mass is 325 g/mol. The molecule has 0 radical (unpaired) electrons. The molecule has 2 rings (SSSR count). The van der Waals surface area contributed by atoms with E-state index in [-0.39, 0.29) is 6.61 Å². The van der Waals surface area contributed by atoms with Crippen LogP contribution in [-0.2, 0) is 11.2 Å². The van der Waals surface area contributed by atoms with Crippen molar-refractivity contribution in [3.63, 3.8) is 0 Å². The Kier molecular flexibility index (Phi) is 8.22. The molecule has 1 N–H and O–H groups in total. The molecule has 0 aliphatic rings. The molecule has 1 aromatic carbocycles. The first kappa shape index (κ1) is 18.4. The van der Waals surface area contributed by atoms with E-state index < -0.39 is 0 Å². The molecule has 24 heavy (non-hydrogen) atoms. The second-order valence-corrected chi connectivity index (χ2v) is 6.11. The molecule has 0 bridgehead atoms. The number of pyridine rings is 1. The summed E-state index contributed by atoms with van der Waals surface area (Å²) in [6.45, 7) is 3.79. The topological polar surface area (TPSA) is 42.4 Å². The van der Waals surface area contributed by atoms with Gasteiger partial charge in [-0.3, -0.25) is 4.98 Å². The molecule has 0 fully saturated rings. The minimum absolute atomic E-state index is 0.274. The summed E-state index contributed by atoms with van der Waals surface area (Å²) < 4.78 is 5.66. The quantitative estimate of drug-likeness (QED) is 0.664. The van der Waals surface area contributed by atoms with Gasteiger partial charge < -0.3 is 9.84 Å². The number of nitrogens with zero attached hydrogens (tertiary/aromatic N) is 1. The average molecular weight is 325 g/mol. The molecule has 1 heterocycles. The standard InChI is InChI=1S/C21H27NO2/c1-18(17-24-13-4-2-3-12-23)14-19-7-9-20(10-8-19)15-21-6-5-11-22-16-21/h5-11,14,16,23H,2-4,12-13,15,17H2,1H3.